The monoisotopic (exact) mass is 376 g/mol. The van der Waals surface area contributed by atoms with Crippen LogP contribution in [0.2, 0.25) is 0 Å². The molecule has 1 fully saturated rings. The van der Waals surface area contributed by atoms with Crippen LogP contribution < -0.4 is 0 Å². The third-order valence-corrected chi connectivity index (χ3v) is 4.22. The van der Waals surface area contributed by atoms with Crippen molar-refractivity contribution in [2.45, 2.75) is 38.9 Å². The summed E-state index contributed by atoms with van der Waals surface area (Å²) < 4.78 is 20.4. The molecule has 3 rings (SSSR count). The maximum Gasteiger partial charge on any atom is 0.334 e. The van der Waals surface area contributed by atoms with E-state index in [-0.39, 0.29) is 24.8 Å². The minimum atomic E-state index is -1.12. The van der Waals surface area contributed by atoms with Gasteiger partial charge in [0.2, 0.25) is 5.82 Å². The van der Waals surface area contributed by atoms with Gasteiger partial charge < -0.3 is 14.7 Å². The number of aliphatic carboxylic acids is 1. The van der Waals surface area contributed by atoms with E-state index >= 15 is 0 Å². The molecule has 0 aliphatic carbocycles. The van der Waals surface area contributed by atoms with Gasteiger partial charge in [-0.2, -0.15) is 0 Å². The number of carboxylic acids is 1. The first-order valence-electron chi connectivity index (χ1n) is 8.66. The fourth-order valence-corrected chi connectivity index (χ4v) is 2.98. The lowest BCUT2D eigenvalue weighted by Crippen LogP contribution is -2.52. The average molecular weight is 376 g/mol. The number of morpholine rings is 1. The van der Waals surface area contributed by atoms with Gasteiger partial charge in [0.1, 0.15) is 11.6 Å². The van der Waals surface area contributed by atoms with Gasteiger partial charge >= 0.3 is 5.97 Å². The van der Waals surface area contributed by atoms with Gasteiger partial charge in [0.05, 0.1) is 18.3 Å². The zero-order valence-electron chi connectivity index (χ0n) is 15.3. The number of hydrogen-bond acceptors (Lipinski definition) is 5. The van der Waals surface area contributed by atoms with Crippen molar-refractivity contribution in [2.24, 2.45) is 0 Å². The first kappa shape index (κ1) is 19.0. The smallest absolute Gasteiger partial charge is 0.334 e. The van der Waals surface area contributed by atoms with Gasteiger partial charge in [-0.15, -0.1) is 5.10 Å². The summed E-state index contributed by atoms with van der Waals surface area (Å²) in [5, 5.41) is 13.5. The molecule has 1 aromatic heterocycles. The van der Waals surface area contributed by atoms with Gasteiger partial charge in [-0.1, -0.05) is 19.9 Å². The molecule has 144 valence electrons. The molecular weight excluding hydrogens is 355 g/mol. The second-order valence-electron chi connectivity index (χ2n) is 6.82. The Morgan fingerprint density at radius 3 is 2.70 bits per heavy atom. The number of carboxylic acid groups (broad SMARTS) is 1. The molecule has 0 saturated carbocycles. The number of carbonyl (C=O) groups excluding carboxylic acids is 1. The Balaban J connectivity index is 1.93. The molecule has 1 unspecified atom stereocenters. The summed E-state index contributed by atoms with van der Waals surface area (Å²) in [5.41, 5.74) is 0.462. The number of aromatic nitrogens is 3. The van der Waals surface area contributed by atoms with Crippen molar-refractivity contribution >= 4 is 11.9 Å². The minimum absolute atomic E-state index is 0.0544. The summed E-state index contributed by atoms with van der Waals surface area (Å²) in [6.45, 7) is 5.66. The summed E-state index contributed by atoms with van der Waals surface area (Å²) in [4.78, 5) is 29.8. The quantitative estimate of drug-likeness (QED) is 0.875. The van der Waals surface area contributed by atoms with Crippen molar-refractivity contribution in [3.63, 3.8) is 0 Å². The highest BCUT2D eigenvalue weighted by atomic mass is 19.1. The van der Waals surface area contributed by atoms with Crippen LogP contribution in [0.25, 0.3) is 5.69 Å². The standard InChI is InChI=1S/C18H21FN4O4/c1-10(2)16-20-15(21-23(16)13-6-4-5-12(19)7-13)17(24)22-8-11(3)27-14(9-22)18(25)26/h4-7,10-11,14H,8-9H2,1-3H3,(H,25,26)/t11-,14?/m1/s1. The Kier molecular flexibility index (Phi) is 5.22. The van der Waals surface area contributed by atoms with Crippen LogP contribution in [0.15, 0.2) is 24.3 Å². The van der Waals surface area contributed by atoms with E-state index in [2.05, 4.69) is 10.1 Å². The Bertz CT molecular complexity index is 867. The third kappa shape index (κ3) is 3.97. The van der Waals surface area contributed by atoms with Gasteiger partial charge in [-0.25, -0.2) is 18.9 Å². The lowest BCUT2D eigenvalue weighted by atomic mass is 10.2. The Morgan fingerprint density at radius 2 is 2.07 bits per heavy atom. The number of carbonyl (C=O) groups is 2. The molecule has 1 aromatic carbocycles. The fraction of sp³-hybridized carbons (Fsp3) is 0.444. The molecule has 1 saturated heterocycles. The van der Waals surface area contributed by atoms with Crippen LogP contribution >= 0.6 is 0 Å². The molecule has 0 spiro atoms. The number of halogens is 1. The van der Waals surface area contributed by atoms with E-state index < -0.39 is 29.9 Å². The third-order valence-electron chi connectivity index (χ3n) is 4.22. The van der Waals surface area contributed by atoms with Crippen molar-refractivity contribution in [3.05, 3.63) is 41.7 Å². The second-order valence-corrected chi connectivity index (χ2v) is 6.82. The van der Waals surface area contributed by atoms with Crippen molar-refractivity contribution in [1.29, 1.82) is 0 Å². The van der Waals surface area contributed by atoms with E-state index in [1.165, 1.54) is 21.7 Å². The lowest BCUT2D eigenvalue weighted by molar-refractivity contribution is -0.160. The molecule has 0 bridgehead atoms. The van der Waals surface area contributed by atoms with Crippen LogP contribution in [0.4, 0.5) is 4.39 Å². The topological polar surface area (TPSA) is 97.6 Å². The Morgan fingerprint density at radius 1 is 1.33 bits per heavy atom. The largest absolute Gasteiger partial charge is 0.479 e. The minimum Gasteiger partial charge on any atom is -0.479 e. The normalized spacial score (nSPS) is 20.1. The van der Waals surface area contributed by atoms with Gasteiger partial charge in [0, 0.05) is 12.5 Å². The number of benzene rings is 1. The summed E-state index contributed by atoms with van der Waals surface area (Å²) in [6.07, 6.45) is -1.51. The molecule has 1 aliphatic heterocycles. The molecule has 1 N–H and O–H groups in total. The van der Waals surface area contributed by atoms with Crippen LogP contribution in [0.3, 0.4) is 0 Å². The van der Waals surface area contributed by atoms with Gasteiger partial charge in [0.25, 0.3) is 5.91 Å². The molecular formula is C18H21FN4O4. The zero-order valence-corrected chi connectivity index (χ0v) is 15.3. The van der Waals surface area contributed by atoms with Crippen molar-refractivity contribution in [1.82, 2.24) is 19.7 Å². The number of amides is 1. The van der Waals surface area contributed by atoms with Crippen molar-refractivity contribution < 1.29 is 23.8 Å². The van der Waals surface area contributed by atoms with Crippen molar-refractivity contribution in [3.8, 4) is 5.69 Å². The summed E-state index contributed by atoms with van der Waals surface area (Å²) in [6, 6.07) is 5.86. The fourth-order valence-electron chi connectivity index (χ4n) is 2.98. The molecule has 2 heterocycles. The number of rotatable bonds is 4. The predicted octanol–water partition coefficient (Wildman–Crippen LogP) is 1.84. The maximum atomic E-state index is 13.6. The van der Waals surface area contributed by atoms with Crippen LogP contribution in [0.1, 0.15) is 43.1 Å². The van der Waals surface area contributed by atoms with Crippen LogP contribution in [0.5, 0.6) is 0 Å². The molecule has 2 aromatic rings. The van der Waals surface area contributed by atoms with Crippen LogP contribution in [-0.4, -0.2) is 61.9 Å². The SMILES string of the molecule is CC(C)c1nc(C(=O)N2CC(C(=O)O)O[C@H](C)C2)nn1-c1cccc(F)c1. The Labute approximate surface area is 155 Å². The molecule has 27 heavy (non-hydrogen) atoms. The van der Waals surface area contributed by atoms with Crippen LogP contribution in [0, 0.1) is 5.82 Å². The summed E-state index contributed by atoms with van der Waals surface area (Å²) >= 11 is 0. The van der Waals surface area contributed by atoms with E-state index in [0.717, 1.165) is 0 Å². The van der Waals surface area contributed by atoms with Crippen LogP contribution in [-0.2, 0) is 9.53 Å². The van der Waals surface area contributed by atoms with E-state index in [0.29, 0.717) is 11.5 Å². The summed E-state index contributed by atoms with van der Waals surface area (Å²) in [5.74, 6) is -1.62. The van der Waals surface area contributed by atoms with E-state index in [1.807, 2.05) is 13.8 Å². The Hall–Kier alpha value is -2.81. The molecule has 2 atom stereocenters. The van der Waals surface area contributed by atoms with Gasteiger partial charge in [-0.3, -0.25) is 4.79 Å². The number of nitrogens with zero attached hydrogens (tertiary/aromatic N) is 4. The van der Waals surface area contributed by atoms with E-state index in [4.69, 9.17) is 4.74 Å². The molecule has 1 amide bonds. The van der Waals surface area contributed by atoms with E-state index in [9.17, 15) is 19.1 Å². The van der Waals surface area contributed by atoms with E-state index in [1.54, 1.807) is 19.1 Å². The highest BCUT2D eigenvalue weighted by Crippen LogP contribution is 2.20. The van der Waals surface area contributed by atoms with Gasteiger partial charge in [0.15, 0.2) is 6.10 Å². The zero-order chi connectivity index (χ0) is 19.7. The number of hydrogen-bond donors (Lipinski definition) is 1. The summed E-state index contributed by atoms with van der Waals surface area (Å²) in [7, 11) is 0. The molecule has 1 aliphatic rings. The lowest BCUT2D eigenvalue weighted by Gasteiger charge is -2.34. The average Bonchev–Trinajstić information content (AvgIpc) is 3.06. The predicted molar refractivity (Wildman–Crippen MR) is 93.3 cm³/mol. The highest BCUT2D eigenvalue weighted by molar-refractivity contribution is 5.91. The second kappa shape index (κ2) is 7.43. The first-order valence-corrected chi connectivity index (χ1v) is 8.66. The molecule has 8 nitrogen and oxygen atoms in total. The maximum absolute atomic E-state index is 13.6. The van der Waals surface area contributed by atoms with Crippen molar-refractivity contribution in [2.75, 3.05) is 13.1 Å². The molecule has 0 radical (unpaired) electrons. The first-order chi connectivity index (χ1) is 12.8. The van der Waals surface area contributed by atoms with Gasteiger partial charge in [-0.05, 0) is 25.1 Å². The highest BCUT2D eigenvalue weighted by Gasteiger charge is 2.34. The molecule has 9 heteroatoms. The number of ether oxygens (including phenoxy) is 1.